The van der Waals surface area contributed by atoms with Gasteiger partial charge in [0.25, 0.3) is 0 Å². The van der Waals surface area contributed by atoms with Gasteiger partial charge in [0.05, 0.1) is 6.61 Å². The molecule has 1 N–H and O–H groups in total. The Hall–Kier alpha value is -1.06. The van der Waals surface area contributed by atoms with Gasteiger partial charge in [-0.1, -0.05) is 18.2 Å². The third-order valence-electron chi connectivity index (χ3n) is 4.20. The Morgan fingerprint density at radius 2 is 2.37 bits per heavy atom. The molecule has 3 nitrogen and oxygen atoms in total. The fourth-order valence-corrected chi connectivity index (χ4v) is 3.29. The van der Waals surface area contributed by atoms with Crippen molar-refractivity contribution in [2.75, 3.05) is 38.7 Å². The van der Waals surface area contributed by atoms with E-state index in [1.807, 2.05) is 0 Å². The van der Waals surface area contributed by atoms with Gasteiger partial charge in [0, 0.05) is 31.9 Å². The fraction of sp³-hybridized carbons (Fsp3) is 0.625. The van der Waals surface area contributed by atoms with Crippen LogP contribution >= 0.6 is 0 Å². The normalized spacial score (nSPS) is 22.3. The Balaban J connectivity index is 1.60. The molecule has 3 heteroatoms. The zero-order chi connectivity index (χ0) is 13.1. The van der Waals surface area contributed by atoms with E-state index in [-0.39, 0.29) is 0 Å². The third-order valence-corrected chi connectivity index (χ3v) is 4.20. The molecule has 3 rings (SSSR count). The first kappa shape index (κ1) is 12.9. The van der Waals surface area contributed by atoms with Crippen LogP contribution in [-0.2, 0) is 17.7 Å². The highest BCUT2D eigenvalue weighted by atomic mass is 16.5. The summed E-state index contributed by atoms with van der Waals surface area (Å²) in [5.41, 5.74) is 4.30. The summed E-state index contributed by atoms with van der Waals surface area (Å²) in [5.74, 6) is 0.712. The summed E-state index contributed by atoms with van der Waals surface area (Å²) in [6, 6.07) is 6.69. The summed E-state index contributed by atoms with van der Waals surface area (Å²) < 4.78 is 5.57. The molecular formula is C16H24N2O. The molecule has 0 amide bonds. The van der Waals surface area contributed by atoms with Gasteiger partial charge in [0.1, 0.15) is 0 Å². The molecule has 0 saturated carbocycles. The molecule has 0 spiro atoms. The van der Waals surface area contributed by atoms with Crippen LogP contribution in [0.25, 0.3) is 0 Å². The summed E-state index contributed by atoms with van der Waals surface area (Å²) in [5, 5.41) is 3.53. The van der Waals surface area contributed by atoms with Crippen LogP contribution in [-0.4, -0.2) is 38.3 Å². The topological polar surface area (TPSA) is 24.5 Å². The second-order valence-electron chi connectivity index (χ2n) is 5.91. The van der Waals surface area contributed by atoms with Gasteiger partial charge in [0.15, 0.2) is 0 Å². The number of nitrogens with zero attached hydrogens (tertiary/aromatic N) is 1. The molecule has 1 saturated heterocycles. The van der Waals surface area contributed by atoms with E-state index < -0.39 is 0 Å². The number of fused-ring (bicyclic) bond motifs is 1. The van der Waals surface area contributed by atoms with Gasteiger partial charge in [0.2, 0.25) is 0 Å². The van der Waals surface area contributed by atoms with Crippen molar-refractivity contribution in [2.45, 2.75) is 25.8 Å². The maximum absolute atomic E-state index is 5.57. The van der Waals surface area contributed by atoms with E-state index >= 15 is 0 Å². The van der Waals surface area contributed by atoms with E-state index in [2.05, 4.69) is 35.5 Å². The third kappa shape index (κ3) is 3.10. The molecule has 1 atom stereocenters. The molecule has 0 aliphatic carbocycles. The minimum absolute atomic E-state index is 0.712. The van der Waals surface area contributed by atoms with E-state index in [1.165, 1.54) is 36.1 Å². The SMILES string of the molecule is CN(Cc1cccc2c1NCC2)CC1CCCOC1. The quantitative estimate of drug-likeness (QED) is 0.900. The van der Waals surface area contributed by atoms with E-state index in [4.69, 9.17) is 4.74 Å². The predicted molar refractivity (Wildman–Crippen MR) is 78.5 cm³/mol. The Morgan fingerprint density at radius 3 is 3.21 bits per heavy atom. The summed E-state index contributed by atoms with van der Waals surface area (Å²) in [7, 11) is 2.23. The van der Waals surface area contributed by atoms with Crippen molar-refractivity contribution in [1.29, 1.82) is 0 Å². The highest BCUT2D eigenvalue weighted by Gasteiger charge is 2.18. The molecule has 104 valence electrons. The Labute approximate surface area is 115 Å². The molecule has 1 aromatic carbocycles. The van der Waals surface area contributed by atoms with Crippen molar-refractivity contribution in [2.24, 2.45) is 5.92 Å². The van der Waals surface area contributed by atoms with Crippen LogP contribution in [0.4, 0.5) is 5.69 Å². The highest BCUT2D eigenvalue weighted by Crippen LogP contribution is 2.27. The molecule has 1 fully saturated rings. The number of hydrogen-bond acceptors (Lipinski definition) is 3. The van der Waals surface area contributed by atoms with Crippen LogP contribution in [0.2, 0.25) is 0 Å². The first-order valence-electron chi connectivity index (χ1n) is 7.44. The van der Waals surface area contributed by atoms with Gasteiger partial charge in [-0.2, -0.15) is 0 Å². The zero-order valence-corrected chi connectivity index (χ0v) is 11.8. The minimum atomic E-state index is 0.712. The summed E-state index contributed by atoms with van der Waals surface area (Å²) in [6.45, 7) is 5.16. The number of nitrogens with one attached hydrogen (secondary N) is 1. The fourth-order valence-electron chi connectivity index (χ4n) is 3.29. The number of hydrogen-bond donors (Lipinski definition) is 1. The van der Waals surface area contributed by atoms with Crippen LogP contribution in [0.1, 0.15) is 24.0 Å². The van der Waals surface area contributed by atoms with Gasteiger partial charge in [-0.25, -0.2) is 0 Å². The predicted octanol–water partition coefficient (Wildman–Crippen LogP) is 2.51. The van der Waals surface area contributed by atoms with Gasteiger partial charge in [-0.15, -0.1) is 0 Å². The van der Waals surface area contributed by atoms with Crippen LogP contribution in [0.3, 0.4) is 0 Å². The average Bonchev–Trinajstić information content (AvgIpc) is 2.89. The monoisotopic (exact) mass is 260 g/mol. The maximum atomic E-state index is 5.57. The lowest BCUT2D eigenvalue weighted by Gasteiger charge is -2.27. The zero-order valence-electron chi connectivity index (χ0n) is 11.8. The van der Waals surface area contributed by atoms with Crippen LogP contribution in [0.5, 0.6) is 0 Å². The lowest BCUT2D eigenvalue weighted by Crippen LogP contribution is -2.30. The average molecular weight is 260 g/mol. The van der Waals surface area contributed by atoms with Crippen molar-refractivity contribution >= 4 is 5.69 Å². The molecule has 1 aromatic rings. The second kappa shape index (κ2) is 5.93. The van der Waals surface area contributed by atoms with Crippen LogP contribution in [0, 0.1) is 5.92 Å². The number of ether oxygens (including phenoxy) is 1. The number of benzene rings is 1. The molecule has 0 aromatic heterocycles. The van der Waals surface area contributed by atoms with Gasteiger partial charge >= 0.3 is 0 Å². The Bertz CT molecular complexity index is 427. The molecular weight excluding hydrogens is 236 g/mol. The van der Waals surface area contributed by atoms with Crippen molar-refractivity contribution in [3.63, 3.8) is 0 Å². The first-order chi connectivity index (χ1) is 9.33. The smallest absolute Gasteiger partial charge is 0.0506 e. The molecule has 2 aliphatic rings. The van der Waals surface area contributed by atoms with Crippen LogP contribution in [0.15, 0.2) is 18.2 Å². The standard InChI is InChI=1S/C16H24N2O/c1-18(10-13-4-3-9-19-12-13)11-15-6-2-5-14-7-8-17-16(14)15/h2,5-6,13,17H,3-4,7-12H2,1H3. The summed E-state index contributed by atoms with van der Waals surface area (Å²) >= 11 is 0. The summed E-state index contributed by atoms with van der Waals surface area (Å²) in [6.07, 6.45) is 3.71. The number of anilines is 1. The Morgan fingerprint density at radius 1 is 1.42 bits per heavy atom. The van der Waals surface area contributed by atoms with Crippen molar-refractivity contribution in [1.82, 2.24) is 4.90 Å². The second-order valence-corrected chi connectivity index (χ2v) is 5.91. The number of rotatable bonds is 4. The van der Waals surface area contributed by atoms with E-state index in [0.717, 1.165) is 32.8 Å². The van der Waals surface area contributed by atoms with E-state index in [9.17, 15) is 0 Å². The van der Waals surface area contributed by atoms with Crippen molar-refractivity contribution < 1.29 is 4.74 Å². The lowest BCUT2D eigenvalue weighted by molar-refractivity contribution is 0.0412. The maximum Gasteiger partial charge on any atom is 0.0506 e. The largest absolute Gasteiger partial charge is 0.384 e. The highest BCUT2D eigenvalue weighted by molar-refractivity contribution is 5.61. The Kier molecular flexibility index (Phi) is 4.04. The van der Waals surface area contributed by atoms with Gasteiger partial charge < -0.3 is 15.0 Å². The van der Waals surface area contributed by atoms with Crippen LogP contribution < -0.4 is 5.32 Å². The molecule has 0 bridgehead atoms. The van der Waals surface area contributed by atoms with Crippen molar-refractivity contribution in [3.8, 4) is 0 Å². The molecule has 2 heterocycles. The molecule has 0 radical (unpaired) electrons. The van der Waals surface area contributed by atoms with Crippen molar-refractivity contribution in [3.05, 3.63) is 29.3 Å². The van der Waals surface area contributed by atoms with E-state index in [0.29, 0.717) is 5.92 Å². The molecule has 19 heavy (non-hydrogen) atoms. The first-order valence-corrected chi connectivity index (χ1v) is 7.44. The van der Waals surface area contributed by atoms with Gasteiger partial charge in [-0.05, 0) is 43.4 Å². The van der Waals surface area contributed by atoms with Gasteiger partial charge in [-0.3, -0.25) is 0 Å². The molecule has 2 aliphatic heterocycles. The number of para-hydroxylation sites is 1. The summed E-state index contributed by atoms with van der Waals surface area (Å²) in [4.78, 5) is 2.44. The minimum Gasteiger partial charge on any atom is -0.384 e. The molecule has 1 unspecified atom stereocenters. The van der Waals surface area contributed by atoms with E-state index in [1.54, 1.807) is 0 Å². The lowest BCUT2D eigenvalue weighted by atomic mass is 10.0.